The monoisotopic (exact) mass is 184 g/mol. The molecule has 68 valence electrons. The number of rotatable bonds is 4. The Hall–Kier alpha value is 0.0700. The van der Waals surface area contributed by atoms with Crippen LogP contribution in [0, 0.1) is 0 Å². The van der Waals surface area contributed by atoms with Gasteiger partial charge in [0.25, 0.3) is 0 Å². The van der Waals surface area contributed by atoms with Crippen LogP contribution in [0.1, 0.15) is 20.3 Å². The fraction of sp³-hybridized carbons (Fsp3) is 1.00. The molecule has 0 unspecified atom stereocenters. The lowest BCUT2D eigenvalue weighted by Gasteiger charge is -2.23. The minimum atomic E-state index is -4.43. The molecule has 0 rings (SSSR count). The van der Waals surface area contributed by atoms with Crippen molar-refractivity contribution in [1.82, 2.24) is 0 Å². The van der Waals surface area contributed by atoms with Gasteiger partial charge in [-0.05, 0) is 20.3 Å². The molecule has 0 aromatic heterocycles. The van der Waals surface area contributed by atoms with Gasteiger partial charge >= 0.3 is 7.82 Å². The van der Waals surface area contributed by atoms with Crippen LogP contribution in [0.25, 0.3) is 0 Å². The Morgan fingerprint density at radius 2 is 1.91 bits per heavy atom. The maximum absolute atomic E-state index is 10.3. The summed E-state index contributed by atoms with van der Waals surface area (Å²) in [4.78, 5) is 16.8. The molecule has 0 aromatic carbocycles. The lowest BCUT2D eigenvalue weighted by atomic mass is 10.1. The summed E-state index contributed by atoms with van der Waals surface area (Å²) in [5.41, 5.74) is -0.978. The topological polar surface area (TPSA) is 87.0 Å². The second-order valence-corrected chi connectivity index (χ2v) is 3.98. The SMILES string of the molecule is CC(C)(CCO)OP(=O)(O)O. The van der Waals surface area contributed by atoms with Crippen molar-refractivity contribution in [2.45, 2.75) is 25.9 Å². The molecule has 0 saturated heterocycles. The Balaban J connectivity index is 4.02. The maximum Gasteiger partial charge on any atom is 0.470 e. The van der Waals surface area contributed by atoms with E-state index in [0.717, 1.165) is 0 Å². The van der Waals surface area contributed by atoms with E-state index < -0.39 is 13.4 Å². The van der Waals surface area contributed by atoms with E-state index in [0.29, 0.717) is 0 Å². The van der Waals surface area contributed by atoms with E-state index in [9.17, 15) is 4.57 Å². The first-order valence-electron chi connectivity index (χ1n) is 3.14. The molecule has 0 bridgehead atoms. The van der Waals surface area contributed by atoms with Crippen LogP contribution in [0.3, 0.4) is 0 Å². The van der Waals surface area contributed by atoms with Gasteiger partial charge in [0.05, 0.1) is 5.60 Å². The molecule has 3 N–H and O–H groups in total. The summed E-state index contributed by atoms with van der Waals surface area (Å²) in [5, 5.41) is 8.47. The average Bonchev–Trinajstić information content (AvgIpc) is 1.55. The minimum absolute atomic E-state index is 0.160. The minimum Gasteiger partial charge on any atom is -0.396 e. The van der Waals surface area contributed by atoms with Gasteiger partial charge in [-0.2, -0.15) is 0 Å². The zero-order chi connectivity index (χ0) is 9.12. The van der Waals surface area contributed by atoms with Crippen LogP contribution >= 0.6 is 7.82 Å². The van der Waals surface area contributed by atoms with Crippen molar-refractivity contribution < 1.29 is 24.0 Å². The summed E-state index contributed by atoms with van der Waals surface area (Å²) in [5.74, 6) is 0. The molecule has 0 atom stereocenters. The highest BCUT2D eigenvalue weighted by molar-refractivity contribution is 7.46. The summed E-state index contributed by atoms with van der Waals surface area (Å²) in [6.07, 6.45) is 0.193. The van der Waals surface area contributed by atoms with Crippen LogP contribution in [0.2, 0.25) is 0 Å². The van der Waals surface area contributed by atoms with Crippen molar-refractivity contribution >= 4 is 7.82 Å². The number of aliphatic hydroxyl groups is 1. The highest BCUT2D eigenvalue weighted by Crippen LogP contribution is 2.42. The molecular weight excluding hydrogens is 171 g/mol. The third kappa shape index (κ3) is 6.47. The molecule has 0 aliphatic heterocycles. The van der Waals surface area contributed by atoms with Crippen molar-refractivity contribution in [3.8, 4) is 0 Å². The standard InChI is InChI=1S/C5H13O5P/c1-5(2,3-4-6)10-11(7,8)9/h6H,3-4H2,1-2H3,(H2,7,8,9). The van der Waals surface area contributed by atoms with Gasteiger partial charge in [-0.3, -0.25) is 4.52 Å². The Bertz CT molecular complexity index is 160. The largest absolute Gasteiger partial charge is 0.470 e. The van der Waals surface area contributed by atoms with Gasteiger partial charge in [-0.15, -0.1) is 0 Å². The van der Waals surface area contributed by atoms with Crippen molar-refractivity contribution in [1.29, 1.82) is 0 Å². The van der Waals surface area contributed by atoms with Crippen molar-refractivity contribution in [2.24, 2.45) is 0 Å². The summed E-state index contributed by atoms with van der Waals surface area (Å²) in [6.45, 7) is 2.84. The maximum atomic E-state index is 10.3. The van der Waals surface area contributed by atoms with E-state index >= 15 is 0 Å². The average molecular weight is 184 g/mol. The van der Waals surface area contributed by atoms with Crippen molar-refractivity contribution in [2.75, 3.05) is 6.61 Å². The first-order valence-corrected chi connectivity index (χ1v) is 4.67. The van der Waals surface area contributed by atoms with Gasteiger partial charge in [0.15, 0.2) is 0 Å². The number of hydrogen-bond acceptors (Lipinski definition) is 3. The second-order valence-electron chi connectivity index (χ2n) is 2.82. The van der Waals surface area contributed by atoms with Crippen LogP contribution in [-0.4, -0.2) is 27.1 Å². The van der Waals surface area contributed by atoms with Crippen LogP contribution < -0.4 is 0 Å². The Kier molecular flexibility index (Phi) is 3.67. The predicted octanol–water partition coefficient (Wildman–Crippen LogP) is 0.257. The van der Waals surface area contributed by atoms with Gasteiger partial charge in [-0.25, -0.2) is 4.57 Å². The van der Waals surface area contributed by atoms with E-state index in [1.165, 1.54) is 13.8 Å². The zero-order valence-electron chi connectivity index (χ0n) is 6.52. The van der Waals surface area contributed by atoms with E-state index in [4.69, 9.17) is 14.9 Å². The zero-order valence-corrected chi connectivity index (χ0v) is 7.41. The van der Waals surface area contributed by atoms with Crippen LogP contribution in [-0.2, 0) is 9.09 Å². The molecule has 5 nitrogen and oxygen atoms in total. The molecule has 0 saturated carbocycles. The summed E-state index contributed by atoms with van der Waals surface area (Å²) < 4.78 is 14.7. The summed E-state index contributed by atoms with van der Waals surface area (Å²) in [6, 6.07) is 0. The Morgan fingerprint density at radius 1 is 1.45 bits per heavy atom. The highest BCUT2D eigenvalue weighted by Gasteiger charge is 2.28. The molecule has 0 spiro atoms. The first-order chi connectivity index (χ1) is 4.77. The van der Waals surface area contributed by atoms with Gasteiger partial charge in [0.1, 0.15) is 0 Å². The number of hydrogen-bond donors (Lipinski definition) is 3. The van der Waals surface area contributed by atoms with Crippen LogP contribution in [0.4, 0.5) is 0 Å². The van der Waals surface area contributed by atoms with Crippen LogP contribution in [0.15, 0.2) is 0 Å². The molecule has 0 radical (unpaired) electrons. The van der Waals surface area contributed by atoms with Crippen molar-refractivity contribution in [3.63, 3.8) is 0 Å². The van der Waals surface area contributed by atoms with E-state index in [2.05, 4.69) is 4.52 Å². The van der Waals surface area contributed by atoms with Crippen LogP contribution in [0.5, 0.6) is 0 Å². The molecule has 0 heterocycles. The second kappa shape index (κ2) is 3.65. The number of aliphatic hydroxyl groups excluding tert-OH is 1. The number of phosphoric acid groups is 1. The van der Waals surface area contributed by atoms with E-state index in [-0.39, 0.29) is 13.0 Å². The fourth-order valence-electron chi connectivity index (χ4n) is 0.637. The molecule has 11 heavy (non-hydrogen) atoms. The third-order valence-electron chi connectivity index (χ3n) is 1.08. The Morgan fingerprint density at radius 3 is 2.18 bits per heavy atom. The Labute approximate surface area is 65.2 Å². The molecule has 0 aliphatic carbocycles. The molecule has 0 aliphatic rings. The molecule has 6 heteroatoms. The normalized spacial score (nSPS) is 13.5. The van der Waals surface area contributed by atoms with Gasteiger partial charge in [0, 0.05) is 6.61 Å². The summed E-state index contributed by atoms with van der Waals surface area (Å²) >= 11 is 0. The van der Waals surface area contributed by atoms with E-state index in [1.54, 1.807) is 0 Å². The van der Waals surface area contributed by atoms with Crippen molar-refractivity contribution in [3.05, 3.63) is 0 Å². The lowest BCUT2D eigenvalue weighted by molar-refractivity contribution is 0.0433. The quantitative estimate of drug-likeness (QED) is 0.545. The lowest BCUT2D eigenvalue weighted by Crippen LogP contribution is -2.24. The van der Waals surface area contributed by atoms with Gasteiger partial charge in [0.2, 0.25) is 0 Å². The number of phosphoric ester groups is 1. The molecule has 0 fully saturated rings. The molecule has 0 amide bonds. The molecular formula is C5H13O5P. The van der Waals surface area contributed by atoms with Gasteiger partial charge in [-0.1, -0.05) is 0 Å². The van der Waals surface area contributed by atoms with Gasteiger partial charge < -0.3 is 14.9 Å². The molecule has 0 aromatic rings. The predicted molar refractivity (Wildman–Crippen MR) is 38.9 cm³/mol. The summed E-state index contributed by atoms with van der Waals surface area (Å²) in [7, 11) is -4.43. The first kappa shape index (κ1) is 11.1. The smallest absolute Gasteiger partial charge is 0.396 e. The highest BCUT2D eigenvalue weighted by atomic mass is 31.2. The third-order valence-corrected chi connectivity index (χ3v) is 1.81. The fourth-order valence-corrected chi connectivity index (χ4v) is 1.37. The van der Waals surface area contributed by atoms with E-state index in [1.807, 2.05) is 0 Å².